The van der Waals surface area contributed by atoms with Crippen LogP contribution in [0.5, 0.6) is 5.75 Å². The molecule has 2 N–H and O–H groups in total. The molecule has 0 aromatic heterocycles. The van der Waals surface area contributed by atoms with Gasteiger partial charge in [-0.3, -0.25) is 25.3 Å². The fraction of sp³-hybridized carbons (Fsp3) is 0.368. The summed E-state index contributed by atoms with van der Waals surface area (Å²) in [5.41, 5.74) is 4.84. The van der Waals surface area contributed by atoms with Crippen LogP contribution >= 0.6 is 0 Å². The van der Waals surface area contributed by atoms with Crippen LogP contribution in [0.25, 0.3) is 10.8 Å². The third-order valence-corrected chi connectivity index (χ3v) is 4.27. The van der Waals surface area contributed by atoms with Crippen LogP contribution in [-0.4, -0.2) is 43.0 Å². The SMILES string of the molecule is O=C(COc1cccc2ccccc12)NNC(=O)CN1CCCCC1. The Labute approximate surface area is 147 Å². The maximum atomic E-state index is 11.9. The molecule has 1 fully saturated rings. The van der Waals surface area contributed by atoms with Crippen LogP contribution in [0.1, 0.15) is 19.3 Å². The lowest BCUT2D eigenvalue weighted by molar-refractivity contribution is -0.130. The number of carbonyl (C=O) groups is 2. The minimum absolute atomic E-state index is 0.155. The highest BCUT2D eigenvalue weighted by atomic mass is 16.5. The van der Waals surface area contributed by atoms with Crippen molar-refractivity contribution in [3.8, 4) is 5.75 Å². The Kier molecular flexibility index (Phi) is 5.85. The minimum atomic E-state index is -0.389. The molecule has 6 heteroatoms. The van der Waals surface area contributed by atoms with Gasteiger partial charge < -0.3 is 4.74 Å². The largest absolute Gasteiger partial charge is 0.483 e. The van der Waals surface area contributed by atoms with Gasteiger partial charge in [0.05, 0.1) is 6.54 Å². The van der Waals surface area contributed by atoms with Crippen molar-refractivity contribution in [1.29, 1.82) is 0 Å². The smallest absolute Gasteiger partial charge is 0.276 e. The van der Waals surface area contributed by atoms with Gasteiger partial charge in [-0.2, -0.15) is 0 Å². The third kappa shape index (κ3) is 4.93. The fourth-order valence-corrected chi connectivity index (χ4v) is 3.00. The lowest BCUT2D eigenvalue weighted by atomic mass is 10.1. The molecular formula is C19H23N3O3. The number of benzene rings is 2. The van der Waals surface area contributed by atoms with Crippen LogP contribution < -0.4 is 15.6 Å². The number of carbonyl (C=O) groups excluding carboxylic acids is 2. The topological polar surface area (TPSA) is 70.7 Å². The van der Waals surface area contributed by atoms with Gasteiger partial charge in [0.2, 0.25) is 0 Å². The number of rotatable bonds is 5. The molecule has 3 rings (SSSR count). The van der Waals surface area contributed by atoms with E-state index < -0.39 is 0 Å². The zero-order chi connectivity index (χ0) is 17.5. The maximum Gasteiger partial charge on any atom is 0.276 e. The zero-order valence-electron chi connectivity index (χ0n) is 14.2. The van der Waals surface area contributed by atoms with Crippen molar-refractivity contribution in [1.82, 2.24) is 15.8 Å². The van der Waals surface area contributed by atoms with Crippen molar-refractivity contribution < 1.29 is 14.3 Å². The van der Waals surface area contributed by atoms with Crippen molar-refractivity contribution in [2.24, 2.45) is 0 Å². The molecule has 0 radical (unpaired) electrons. The molecule has 2 amide bonds. The second-order valence-electron chi connectivity index (χ2n) is 6.20. The number of ether oxygens (including phenoxy) is 1. The highest BCUT2D eigenvalue weighted by Gasteiger charge is 2.14. The Balaban J connectivity index is 1.44. The van der Waals surface area contributed by atoms with Gasteiger partial charge in [0.25, 0.3) is 11.8 Å². The first kappa shape index (κ1) is 17.2. The quantitative estimate of drug-likeness (QED) is 0.815. The summed E-state index contributed by atoms with van der Waals surface area (Å²) in [6.07, 6.45) is 3.47. The van der Waals surface area contributed by atoms with E-state index in [-0.39, 0.29) is 18.4 Å². The first-order valence-corrected chi connectivity index (χ1v) is 8.63. The Morgan fingerprint density at radius 1 is 0.920 bits per heavy atom. The number of nitrogens with one attached hydrogen (secondary N) is 2. The van der Waals surface area contributed by atoms with Gasteiger partial charge in [-0.25, -0.2) is 0 Å². The third-order valence-electron chi connectivity index (χ3n) is 4.27. The molecule has 0 saturated carbocycles. The number of piperidine rings is 1. The van der Waals surface area contributed by atoms with Crippen LogP contribution in [0.15, 0.2) is 42.5 Å². The molecule has 25 heavy (non-hydrogen) atoms. The molecule has 1 aliphatic rings. The average molecular weight is 341 g/mol. The van der Waals surface area contributed by atoms with E-state index in [4.69, 9.17) is 4.74 Å². The molecule has 0 unspecified atom stereocenters. The first-order valence-electron chi connectivity index (χ1n) is 8.63. The predicted molar refractivity (Wildman–Crippen MR) is 96.0 cm³/mol. The lowest BCUT2D eigenvalue weighted by Gasteiger charge is -2.25. The molecule has 2 aromatic rings. The summed E-state index contributed by atoms with van der Waals surface area (Å²) in [5.74, 6) is 0.0493. The van der Waals surface area contributed by atoms with Gasteiger partial charge in [0.1, 0.15) is 5.75 Å². The number of hydrazine groups is 1. The summed E-state index contributed by atoms with van der Waals surface area (Å²) in [5, 5.41) is 2.00. The highest BCUT2D eigenvalue weighted by Crippen LogP contribution is 2.24. The van der Waals surface area contributed by atoms with E-state index in [1.54, 1.807) is 0 Å². The molecule has 0 atom stereocenters. The molecule has 0 aliphatic carbocycles. The van der Waals surface area contributed by atoms with Gasteiger partial charge in [0, 0.05) is 5.39 Å². The van der Waals surface area contributed by atoms with Crippen molar-refractivity contribution in [3.05, 3.63) is 42.5 Å². The lowest BCUT2D eigenvalue weighted by Crippen LogP contribution is -2.48. The van der Waals surface area contributed by atoms with E-state index in [1.807, 2.05) is 42.5 Å². The van der Waals surface area contributed by atoms with Gasteiger partial charge in [-0.1, -0.05) is 42.8 Å². The first-order chi connectivity index (χ1) is 12.2. The van der Waals surface area contributed by atoms with E-state index in [0.29, 0.717) is 12.3 Å². The minimum Gasteiger partial charge on any atom is -0.483 e. The molecule has 1 heterocycles. The number of hydrogen-bond acceptors (Lipinski definition) is 4. The summed E-state index contributed by atoms with van der Waals surface area (Å²) in [6, 6.07) is 13.5. The number of likely N-dealkylation sites (tertiary alicyclic amines) is 1. The van der Waals surface area contributed by atoms with Crippen molar-refractivity contribution in [2.75, 3.05) is 26.2 Å². The summed E-state index contributed by atoms with van der Waals surface area (Å²) in [4.78, 5) is 25.8. The van der Waals surface area contributed by atoms with E-state index in [9.17, 15) is 9.59 Å². The van der Waals surface area contributed by atoms with Crippen LogP contribution in [-0.2, 0) is 9.59 Å². The number of amides is 2. The molecule has 1 aliphatic heterocycles. The Morgan fingerprint density at radius 3 is 2.48 bits per heavy atom. The Hall–Kier alpha value is -2.60. The van der Waals surface area contributed by atoms with Crippen LogP contribution in [0.4, 0.5) is 0 Å². The van der Waals surface area contributed by atoms with Gasteiger partial charge in [-0.15, -0.1) is 0 Å². The normalized spacial score (nSPS) is 14.9. The second-order valence-corrected chi connectivity index (χ2v) is 6.20. The molecule has 0 spiro atoms. The number of nitrogens with zero attached hydrogens (tertiary/aromatic N) is 1. The Bertz CT molecular complexity index is 736. The van der Waals surface area contributed by atoms with Gasteiger partial charge in [-0.05, 0) is 37.4 Å². The standard InChI is InChI=1S/C19H23N3O3/c23-18(13-22-11-4-1-5-12-22)20-21-19(24)14-25-17-10-6-8-15-7-2-3-9-16(15)17/h2-3,6-10H,1,4-5,11-14H2,(H,20,23)(H,21,24). The summed E-state index contributed by atoms with van der Waals surface area (Å²) in [7, 11) is 0. The van der Waals surface area contributed by atoms with E-state index in [2.05, 4.69) is 15.8 Å². The van der Waals surface area contributed by atoms with E-state index in [0.717, 1.165) is 36.7 Å². The van der Waals surface area contributed by atoms with Crippen LogP contribution in [0, 0.1) is 0 Å². The van der Waals surface area contributed by atoms with Crippen molar-refractivity contribution in [3.63, 3.8) is 0 Å². The summed E-state index contributed by atoms with van der Waals surface area (Å²) >= 11 is 0. The fourth-order valence-electron chi connectivity index (χ4n) is 3.00. The molecule has 1 saturated heterocycles. The van der Waals surface area contributed by atoms with E-state index >= 15 is 0 Å². The molecule has 0 bridgehead atoms. The highest BCUT2D eigenvalue weighted by molar-refractivity contribution is 5.89. The monoisotopic (exact) mass is 341 g/mol. The molecule has 6 nitrogen and oxygen atoms in total. The Morgan fingerprint density at radius 2 is 1.64 bits per heavy atom. The molecule has 2 aromatic carbocycles. The maximum absolute atomic E-state index is 11.9. The van der Waals surface area contributed by atoms with Crippen LogP contribution in [0.2, 0.25) is 0 Å². The average Bonchev–Trinajstić information content (AvgIpc) is 2.65. The summed E-state index contributed by atoms with van der Waals surface area (Å²) in [6.45, 7) is 2.03. The number of hydrogen-bond donors (Lipinski definition) is 2. The zero-order valence-corrected chi connectivity index (χ0v) is 14.2. The van der Waals surface area contributed by atoms with Gasteiger partial charge >= 0.3 is 0 Å². The molecular weight excluding hydrogens is 318 g/mol. The van der Waals surface area contributed by atoms with E-state index in [1.165, 1.54) is 6.42 Å². The van der Waals surface area contributed by atoms with Gasteiger partial charge in [0.15, 0.2) is 6.61 Å². The van der Waals surface area contributed by atoms with Crippen molar-refractivity contribution in [2.45, 2.75) is 19.3 Å². The summed E-state index contributed by atoms with van der Waals surface area (Å²) < 4.78 is 5.59. The predicted octanol–water partition coefficient (Wildman–Crippen LogP) is 1.85. The van der Waals surface area contributed by atoms with Crippen molar-refractivity contribution >= 4 is 22.6 Å². The second kappa shape index (κ2) is 8.48. The number of fused-ring (bicyclic) bond motifs is 1. The molecule has 132 valence electrons. The van der Waals surface area contributed by atoms with Crippen LogP contribution in [0.3, 0.4) is 0 Å².